The Hall–Kier alpha value is -3.32. The van der Waals surface area contributed by atoms with Crippen LogP contribution in [-0.2, 0) is 9.59 Å². The van der Waals surface area contributed by atoms with Crippen LogP contribution in [0.1, 0.15) is 24.8 Å². The first-order valence-electron chi connectivity index (χ1n) is 10.3. The minimum atomic E-state index is -1.27. The van der Waals surface area contributed by atoms with Gasteiger partial charge in [0.25, 0.3) is 0 Å². The van der Waals surface area contributed by atoms with E-state index in [9.17, 15) is 19.1 Å². The molecule has 172 valence electrons. The molecule has 0 spiro atoms. The highest BCUT2D eigenvalue weighted by Gasteiger charge is 2.63. The first kappa shape index (κ1) is 22.9. The highest BCUT2D eigenvalue weighted by molar-refractivity contribution is 6.31. The van der Waals surface area contributed by atoms with E-state index in [4.69, 9.17) is 21.1 Å². The molecule has 0 aromatic heterocycles. The molecule has 8 heteroatoms. The molecule has 1 saturated heterocycles. The fraction of sp³-hybridized carbons (Fsp3) is 0.280. The highest BCUT2D eigenvalue weighted by Crippen LogP contribution is 2.59. The quantitative estimate of drug-likeness (QED) is 0.621. The molecular formula is C25H23ClFNO5. The fourth-order valence-corrected chi connectivity index (χ4v) is 5.17. The maximum Gasteiger partial charge on any atom is 0.241 e. The van der Waals surface area contributed by atoms with Crippen LogP contribution in [0.15, 0.2) is 54.6 Å². The fourth-order valence-electron chi connectivity index (χ4n) is 4.99. The Labute approximate surface area is 195 Å². The van der Waals surface area contributed by atoms with Crippen molar-refractivity contribution in [3.05, 3.63) is 71.0 Å². The Balaban J connectivity index is 1.92. The number of halogens is 2. The Bertz CT molecular complexity index is 1210. The number of carbonyl (C=O) groups is 2. The van der Waals surface area contributed by atoms with Gasteiger partial charge in [-0.25, -0.2) is 9.29 Å². The number of methoxy groups -OCH3 is 2. The standard InChI is InChI=1S/C25H23ClFNO5/c1-5-13-6-8-16-23(30)28(14-7-9-18(27)17(26)10-14)24(31)25(16,2)22(13)21-19(29)11-15(32-3)12-20(21)33-4/h5-7,9-12,16,22,29H,1,8H2,2-4H3/t16-,22+,25+/m0/s1. The van der Waals surface area contributed by atoms with Gasteiger partial charge in [0.05, 0.1) is 36.3 Å². The molecule has 33 heavy (non-hydrogen) atoms. The third-order valence-electron chi connectivity index (χ3n) is 6.66. The summed E-state index contributed by atoms with van der Waals surface area (Å²) < 4.78 is 24.5. The molecule has 2 aliphatic rings. The Morgan fingerprint density at radius 3 is 2.58 bits per heavy atom. The molecule has 2 aromatic carbocycles. The first-order valence-corrected chi connectivity index (χ1v) is 10.7. The molecular weight excluding hydrogens is 449 g/mol. The summed E-state index contributed by atoms with van der Waals surface area (Å²) in [7, 11) is 2.91. The number of anilines is 1. The smallest absolute Gasteiger partial charge is 0.241 e. The Morgan fingerprint density at radius 2 is 1.97 bits per heavy atom. The van der Waals surface area contributed by atoms with Crippen LogP contribution in [-0.4, -0.2) is 31.1 Å². The van der Waals surface area contributed by atoms with E-state index in [1.807, 2.05) is 6.08 Å². The molecule has 0 radical (unpaired) electrons. The van der Waals surface area contributed by atoms with E-state index >= 15 is 0 Å². The van der Waals surface area contributed by atoms with Gasteiger partial charge >= 0.3 is 0 Å². The average Bonchev–Trinajstić information content (AvgIpc) is 3.00. The van der Waals surface area contributed by atoms with E-state index in [0.29, 0.717) is 29.1 Å². The monoisotopic (exact) mass is 471 g/mol. The van der Waals surface area contributed by atoms with Crippen LogP contribution in [0.25, 0.3) is 0 Å². The van der Waals surface area contributed by atoms with E-state index in [0.717, 1.165) is 11.0 Å². The molecule has 1 aliphatic heterocycles. The number of phenols is 1. The van der Waals surface area contributed by atoms with Crippen LogP contribution < -0.4 is 14.4 Å². The number of allylic oxidation sites excluding steroid dienone is 3. The van der Waals surface area contributed by atoms with Crippen LogP contribution in [0, 0.1) is 17.2 Å². The van der Waals surface area contributed by atoms with Crippen molar-refractivity contribution in [1.82, 2.24) is 0 Å². The van der Waals surface area contributed by atoms with E-state index in [-0.39, 0.29) is 16.5 Å². The average molecular weight is 472 g/mol. The minimum absolute atomic E-state index is 0.130. The number of fused-ring (bicyclic) bond motifs is 1. The maximum absolute atomic E-state index is 13.9. The molecule has 1 heterocycles. The van der Waals surface area contributed by atoms with Crippen molar-refractivity contribution in [2.24, 2.45) is 11.3 Å². The largest absolute Gasteiger partial charge is 0.507 e. The molecule has 0 bridgehead atoms. The third kappa shape index (κ3) is 3.30. The number of carbonyl (C=O) groups excluding carboxylic acids is 2. The number of imide groups is 1. The number of hydrogen-bond acceptors (Lipinski definition) is 5. The van der Waals surface area contributed by atoms with Crippen molar-refractivity contribution in [1.29, 1.82) is 0 Å². The second-order valence-corrected chi connectivity index (χ2v) is 8.66. The van der Waals surface area contributed by atoms with Crippen LogP contribution in [0.2, 0.25) is 5.02 Å². The van der Waals surface area contributed by atoms with Crippen molar-refractivity contribution in [2.75, 3.05) is 19.1 Å². The second-order valence-electron chi connectivity index (χ2n) is 8.25. The molecule has 0 saturated carbocycles. The van der Waals surface area contributed by atoms with Crippen molar-refractivity contribution < 1.29 is 28.6 Å². The predicted octanol–water partition coefficient (Wildman–Crippen LogP) is 5.00. The van der Waals surface area contributed by atoms with Gasteiger partial charge in [0.15, 0.2) is 0 Å². The summed E-state index contributed by atoms with van der Waals surface area (Å²) in [5.41, 5.74) is -0.0310. The zero-order valence-corrected chi connectivity index (χ0v) is 19.1. The summed E-state index contributed by atoms with van der Waals surface area (Å²) >= 11 is 5.93. The zero-order valence-electron chi connectivity index (χ0n) is 18.4. The van der Waals surface area contributed by atoms with Crippen molar-refractivity contribution in [2.45, 2.75) is 19.3 Å². The van der Waals surface area contributed by atoms with Gasteiger partial charge < -0.3 is 14.6 Å². The molecule has 1 N–H and O–H groups in total. The summed E-state index contributed by atoms with van der Waals surface area (Å²) in [5, 5.41) is 10.8. The van der Waals surface area contributed by atoms with Gasteiger partial charge in [0.2, 0.25) is 11.8 Å². The third-order valence-corrected chi connectivity index (χ3v) is 6.95. The summed E-state index contributed by atoms with van der Waals surface area (Å²) in [4.78, 5) is 28.4. The molecule has 2 amide bonds. The maximum atomic E-state index is 13.9. The minimum Gasteiger partial charge on any atom is -0.507 e. The summed E-state index contributed by atoms with van der Waals surface area (Å²) in [6.07, 6.45) is 3.77. The molecule has 2 aromatic rings. The van der Waals surface area contributed by atoms with E-state index in [2.05, 4.69) is 6.58 Å². The lowest BCUT2D eigenvalue weighted by Crippen LogP contribution is -2.41. The van der Waals surface area contributed by atoms with Crippen LogP contribution in [0.3, 0.4) is 0 Å². The molecule has 3 atom stereocenters. The van der Waals surface area contributed by atoms with E-state index < -0.39 is 34.9 Å². The topological polar surface area (TPSA) is 76.1 Å². The number of aromatic hydroxyl groups is 1. The summed E-state index contributed by atoms with van der Waals surface area (Å²) in [6.45, 7) is 5.58. The molecule has 1 fully saturated rings. The lowest BCUT2D eigenvalue weighted by molar-refractivity contribution is -0.127. The van der Waals surface area contributed by atoms with Crippen molar-refractivity contribution >= 4 is 29.1 Å². The van der Waals surface area contributed by atoms with E-state index in [1.54, 1.807) is 19.1 Å². The number of hydrogen-bond donors (Lipinski definition) is 1. The number of ether oxygens (including phenoxy) is 2. The first-order chi connectivity index (χ1) is 15.7. The number of nitrogens with zero attached hydrogens (tertiary/aromatic N) is 1. The van der Waals surface area contributed by atoms with Gasteiger partial charge in [0.1, 0.15) is 23.1 Å². The predicted molar refractivity (Wildman–Crippen MR) is 122 cm³/mol. The van der Waals surface area contributed by atoms with Crippen LogP contribution >= 0.6 is 11.6 Å². The molecule has 6 nitrogen and oxygen atoms in total. The molecule has 1 aliphatic carbocycles. The van der Waals surface area contributed by atoms with Crippen LogP contribution in [0.5, 0.6) is 17.2 Å². The number of rotatable bonds is 5. The zero-order chi connectivity index (χ0) is 24.1. The van der Waals surface area contributed by atoms with E-state index in [1.165, 1.54) is 32.4 Å². The van der Waals surface area contributed by atoms with Gasteiger partial charge in [-0.3, -0.25) is 9.59 Å². The van der Waals surface area contributed by atoms with Gasteiger partial charge in [-0.1, -0.05) is 30.3 Å². The Kier molecular flexibility index (Phi) is 5.70. The molecule has 4 rings (SSSR count). The van der Waals surface area contributed by atoms with Gasteiger partial charge in [-0.05, 0) is 37.1 Å². The SMILES string of the molecule is C=CC1=CC[C@H]2C(=O)N(c3ccc(F)c(Cl)c3)C(=O)[C@@]2(C)[C@H]1c1c(O)cc(OC)cc1OC. The van der Waals surface area contributed by atoms with Crippen molar-refractivity contribution in [3.8, 4) is 17.2 Å². The number of benzene rings is 2. The van der Waals surface area contributed by atoms with Crippen LogP contribution in [0.4, 0.5) is 10.1 Å². The Morgan fingerprint density at radius 1 is 1.24 bits per heavy atom. The number of amides is 2. The van der Waals surface area contributed by atoms with Gasteiger partial charge in [0, 0.05) is 23.6 Å². The number of phenolic OH excluding ortho intramolecular Hbond substituents is 1. The summed E-state index contributed by atoms with van der Waals surface area (Å²) in [5.74, 6) is -2.42. The lowest BCUT2D eigenvalue weighted by Gasteiger charge is -2.40. The van der Waals surface area contributed by atoms with Gasteiger partial charge in [-0.2, -0.15) is 0 Å². The van der Waals surface area contributed by atoms with Gasteiger partial charge in [-0.15, -0.1) is 0 Å². The normalized spacial score (nSPS) is 24.4. The summed E-state index contributed by atoms with van der Waals surface area (Å²) in [6, 6.07) is 6.77. The molecule has 0 unspecified atom stereocenters. The lowest BCUT2D eigenvalue weighted by atomic mass is 9.59. The highest BCUT2D eigenvalue weighted by atomic mass is 35.5. The van der Waals surface area contributed by atoms with Crippen molar-refractivity contribution in [3.63, 3.8) is 0 Å². The second kappa shape index (κ2) is 8.23.